The topological polar surface area (TPSA) is 39.7 Å². The van der Waals surface area contributed by atoms with E-state index in [1.807, 2.05) is 30.9 Å². The minimum Gasteiger partial charge on any atom is -0.356 e. The first kappa shape index (κ1) is 21.9. The molecule has 136 valence electrons. The van der Waals surface area contributed by atoms with Crippen LogP contribution in [0.25, 0.3) is 0 Å². The van der Waals surface area contributed by atoms with Crippen molar-refractivity contribution in [2.75, 3.05) is 45.5 Å². The molecule has 1 aromatic rings. The van der Waals surface area contributed by atoms with Gasteiger partial charge in [0, 0.05) is 42.4 Å². The Morgan fingerprint density at radius 2 is 2.08 bits per heavy atom. The molecule has 1 aliphatic heterocycles. The van der Waals surface area contributed by atoms with Crippen LogP contribution in [0.5, 0.6) is 0 Å². The maximum absolute atomic E-state index is 5.89. The number of likely N-dealkylation sites (tertiary alicyclic amines) is 1. The number of halogens is 2. The highest BCUT2D eigenvalue weighted by Crippen LogP contribution is 2.19. The van der Waals surface area contributed by atoms with Crippen LogP contribution in [-0.4, -0.2) is 56.4 Å². The van der Waals surface area contributed by atoms with Gasteiger partial charge in [-0.25, -0.2) is 0 Å². The second-order valence-electron chi connectivity index (χ2n) is 5.73. The molecule has 1 aliphatic rings. The van der Waals surface area contributed by atoms with E-state index in [0.29, 0.717) is 0 Å². The summed E-state index contributed by atoms with van der Waals surface area (Å²) in [6.45, 7) is 7.71. The second kappa shape index (κ2) is 12.2. The molecule has 24 heavy (non-hydrogen) atoms. The predicted molar refractivity (Wildman–Crippen MR) is 117 cm³/mol. The molecule has 0 radical (unpaired) electrons. The van der Waals surface area contributed by atoms with Crippen LogP contribution in [0.3, 0.4) is 0 Å². The van der Waals surface area contributed by atoms with Crippen molar-refractivity contribution in [1.29, 1.82) is 0 Å². The first-order chi connectivity index (χ1) is 11.2. The van der Waals surface area contributed by atoms with E-state index in [9.17, 15) is 0 Å². The largest absolute Gasteiger partial charge is 0.356 e. The molecule has 4 nitrogen and oxygen atoms in total. The van der Waals surface area contributed by atoms with Gasteiger partial charge in [-0.05, 0) is 49.7 Å². The van der Waals surface area contributed by atoms with Gasteiger partial charge in [0.15, 0.2) is 5.96 Å². The normalized spacial score (nSPS) is 18.3. The highest BCUT2D eigenvalue weighted by molar-refractivity contribution is 14.0. The molecular weight excluding hydrogens is 455 g/mol. The van der Waals surface area contributed by atoms with E-state index < -0.39 is 0 Å². The summed E-state index contributed by atoms with van der Waals surface area (Å²) in [5.74, 6) is 2.63. The standard InChI is InChI=1S/C17H27ClN4S.HI/c1-3-22-10-8-14(13-22)12-21-17(19-2)20-9-11-23-16-6-4-15(18)5-7-16;/h4-7,14H,3,8-13H2,1-2H3,(H2,19,20,21);1H. The van der Waals surface area contributed by atoms with Crippen molar-refractivity contribution >= 4 is 53.3 Å². The fourth-order valence-electron chi connectivity index (χ4n) is 2.70. The smallest absolute Gasteiger partial charge is 0.191 e. The van der Waals surface area contributed by atoms with Gasteiger partial charge in [0.2, 0.25) is 0 Å². The van der Waals surface area contributed by atoms with Gasteiger partial charge in [-0.2, -0.15) is 0 Å². The van der Waals surface area contributed by atoms with Crippen LogP contribution in [0.2, 0.25) is 5.02 Å². The van der Waals surface area contributed by atoms with Gasteiger partial charge < -0.3 is 15.5 Å². The monoisotopic (exact) mass is 482 g/mol. The summed E-state index contributed by atoms with van der Waals surface area (Å²) < 4.78 is 0. The van der Waals surface area contributed by atoms with E-state index in [1.54, 1.807) is 0 Å². The maximum atomic E-state index is 5.89. The lowest BCUT2D eigenvalue weighted by atomic mass is 10.1. The third kappa shape index (κ3) is 7.80. The molecule has 0 aliphatic carbocycles. The Morgan fingerprint density at radius 3 is 2.71 bits per heavy atom. The average molecular weight is 483 g/mol. The van der Waals surface area contributed by atoms with Crippen molar-refractivity contribution in [3.63, 3.8) is 0 Å². The summed E-state index contributed by atoms with van der Waals surface area (Å²) in [7, 11) is 1.83. The van der Waals surface area contributed by atoms with E-state index in [1.165, 1.54) is 24.4 Å². The highest BCUT2D eigenvalue weighted by Gasteiger charge is 2.20. The third-order valence-electron chi connectivity index (χ3n) is 4.08. The van der Waals surface area contributed by atoms with Crippen molar-refractivity contribution in [2.24, 2.45) is 10.9 Å². The Labute approximate surface area is 172 Å². The Balaban J connectivity index is 0.00000288. The number of hydrogen-bond donors (Lipinski definition) is 2. The van der Waals surface area contributed by atoms with Crippen molar-refractivity contribution in [2.45, 2.75) is 18.2 Å². The van der Waals surface area contributed by atoms with Crippen molar-refractivity contribution in [3.05, 3.63) is 29.3 Å². The Bertz CT molecular complexity index is 498. The molecular formula is C17H28ClIN4S. The molecule has 7 heteroatoms. The summed E-state index contributed by atoms with van der Waals surface area (Å²) in [4.78, 5) is 8.04. The first-order valence-electron chi connectivity index (χ1n) is 8.26. The number of thioether (sulfide) groups is 1. The third-order valence-corrected chi connectivity index (χ3v) is 5.34. The quantitative estimate of drug-likeness (QED) is 0.205. The molecule has 1 atom stereocenters. The number of hydrogen-bond acceptors (Lipinski definition) is 3. The molecule has 1 unspecified atom stereocenters. The number of nitrogens with one attached hydrogen (secondary N) is 2. The Hall–Kier alpha value is -0.180. The Morgan fingerprint density at radius 1 is 1.33 bits per heavy atom. The molecule has 0 bridgehead atoms. The zero-order chi connectivity index (χ0) is 16.5. The molecule has 0 aromatic heterocycles. The van der Waals surface area contributed by atoms with Crippen molar-refractivity contribution < 1.29 is 0 Å². The van der Waals surface area contributed by atoms with Crippen LogP contribution in [0.15, 0.2) is 34.2 Å². The fraction of sp³-hybridized carbons (Fsp3) is 0.588. The molecule has 0 saturated carbocycles. The summed E-state index contributed by atoms with van der Waals surface area (Å²) >= 11 is 7.71. The minimum absolute atomic E-state index is 0. The molecule has 0 amide bonds. The van der Waals surface area contributed by atoms with E-state index in [2.05, 4.69) is 39.6 Å². The van der Waals surface area contributed by atoms with Crippen molar-refractivity contribution in [3.8, 4) is 0 Å². The molecule has 1 heterocycles. The van der Waals surface area contributed by atoms with Crippen LogP contribution >= 0.6 is 47.3 Å². The molecule has 2 rings (SSSR count). The summed E-state index contributed by atoms with van der Waals surface area (Å²) in [6, 6.07) is 7.97. The predicted octanol–water partition coefficient (Wildman–Crippen LogP) is 3.56. The summed E-state index contributed by atoms with van der Waals surface area (Å²) in [6.07, 6.45) is 1.28. The minimum atomic E-state index is 0. The van der Waals surface area contributed by atoms with E-state index in [-0.39, 0.29) is 24.0 Å². The van der Waals surface area contributed by atoms with Gasteiger partial charge in [0.25, 0.3) is 0 Å². The number of guanidine groups is 1. The van der Waals surface area contributed by atoms with Crippen LogP contribution in [0.1, 0.15) is 13.3 Å². The number of rotatable bonds is 7. The van der Waals surface area contributed by atoms with Crippen molar-refractivity contribution in [1.82, 2.24) is 15.5 Å². The van der Waals surface area contributed by atoms with Crippen LogP contribution in [-0.2, 0) is 0 Å². The maximum Gasteiger partial charge on any atom is 0.191 e. The van der Waals surface area contributed by atoms with E-state index >= 15 is 0 Å². The Kier molecular flexibility index (Phi) is 11.1. The van der Waals surface area contributed by atoms with Gasteiger partial charge in [0.05, 0.1) is 0 Å². The lowest BCUT2D eigenvalue weighted by molar-refractivity contribution is 0.342. The van der Waals surface area contributed by atoms with Gasteiger partial charge in [-0.1, -0.05) is 18.5 Å². The molecule has 0 spiro atoms. The SMILES string of the molecule is CCN1CCC(CNC(=NC)NCCSc2ccc(Cl)cc2)C1.I. The van der Waals surface area contributed by atoms with Gasteiger partial charge >= 0.3 is 0 Å². The highest BCUT2D eigenvalue weighted by atomic mass is 127. The van der Waals surface area contributed by atoms with Gasteiger partial charge in [-0.3, -0.25) is 4.99 Å². The number of nitrogens with zero attached hydrogens (tertiary/aromatic N) is 2. The zero-order valence-electron chi connectivity index (χ0n) is 14.4. The van der Waals surface area contributed by atoms with Crippen LogP contribution in [0, 0.1) is 5.92 Å². The molecule has 1 aromatic carbocycles. The lowest BCUT2D eigenvalue weighted by Crippen LogP contribution is -2.41. The second-order valence-corrected chi connectivity index (χ2v) is 7.33. The van der Waals surface area contributed by atoms with Crippen LogP contribution < -0.4 is 10.6 Å². The summed E-state index contributed by atoms with van der Waals surface area (Å²) in [5, 5.41) is 7.61. The lowest BCUT2D eigenvalue weighted by Gasteiger charge is -2.16. The van der Waals surface area contributed by atoms with E-state index in [0.717, 1.165) is 42.3 Å². The average Bonchev–Trinajstić information content (AvgIpc) is 3.04. The fourth-order valence-corrected chi connectivity index (χ4v) is 3.59. The number of aliphatic imine (C=N–C) groups is 1. The van der Waals surface area contributed by atoms with E-state index in [4.69, 9.17) is 11.6 Å². The number of benzene rings is 1. The molecule has 2 N–H and O–H groups in total. The van der Waals surface area contributed by atoms with Gasteiger partial charge in [0.1, 0.15) is 0 Å². The summed E-state index contributed by atoms with van der Waals surface area (Å²) in [5.41, 5.74) is 0. The molecule has 1 saturated heterocycles. The van der Waals surface area contributed by atoms with Gasteiger partial charge in [-0.15, -0.1) is 35.7 Å². The zero-order valence-corrected chi connectivity index (χ0v) is 18.3. The van der Waals surface area contributed by atoms with Crippen LogP contribution in [0.4, 0.5) is 0 Å². The first-order valence-corrected chi connectivity index (χ1v) is 9.63. The molecule has 1 fully saturated rings.